The van der Waals surface area contributed by atoms with Crippen molar-refractivity contribution in [1.29, 1.82) is 0 Å². The highest BCUT2D eigenvalue weighted by molar-refractivity contribution is 5.90. The van der Waals surface area contributed by atoms with E-state index < -0.39 is 0 Å². The van der Waals surface area contributed by atoms with E-state index in [0.717, 1.165) is 16.8 Å². The summed E-state index contributed by atoms with van der Waals surface area (Å²) < 4.78 is 6.27. The number of fused-ring (bicyclic) bond motifs is 1. The maximum atomic E-state index is 12.2. The number of hydrogen-bond donors (Lipinski definition) is 1. The third kappa shape index (κ3) is 3.52. The molecule has 0 saturated heterocycles. The lowest BCUT2D eigenvalue weighted by molar-refractivity contribution is 0.0601. The van der Waals surface area contributed by atoms with Gasteiger partial charge >= 0.3 is 5.97 Å². The minimum Gasteiger partial charge on any atom is -0.465 e. The second-order valence-corrected chi connectivity index (χ2v) is 5.90. The van der Waals surface area contributed by atoms with Gasteiger partial charge in [-0.3, -0.25) is 9.20 Å². The fourth-order valence-electron chi connectivity index (χ4n) is 2.59. The average molecular weight is 337 g/mol. The van der Waals surface area contributed by atoms with Crippen LogP contribution < -0.4 is 10.9 Å². The molecule has 6 heteroatoms. The molecule has 25 heavy (non-hydrogen) atoms. The summed E-state index contributed by atoms with van der Waals surface area (Å²) in [5, 5.41) is 3.23. The topological polar surface area (TPSA) is 72.7 Å². The van der Waals surface area contributed by atoms with Crippen molar-refractivity contribution < 1.29 is 9.53 Å². The SMILES string of the molecule is COC(=O)c1ccc(C)c(NCc2cc(=O)n3cc(C)ccc3n2)c1. The minimum atomic E-state index is -0.388. The molecule has 0 fully saturated rings. The maximum absolute atomic E-state index is 12.2. The molecule has 128 valence electrons. The number of anilines is 1. The first-order valence-corrected chi connectivity index (χ1v) is 7.90. The third-order valence-corrected chi connectivity index (χ3v) is 3.98. The smallest absolute Gasteiger partial charge is 0.337 e. The summed E-state index contributed by atoms with van der Waals surface area (Å²) in [6.45, 7) is 4.25. The Morgan fingerprint density at radius 1 is 1.20 bits per heavy atom. The lowest BCUT2D eigenvalue weighted by atomic mass is 10.1. The Morgan fingerprint density at radius 3 is 2.76 bits per heavy atom. The van der Waals surface area contributed by atoms with Crippen LogP contribution in [0.4, 0.5) is 5.69 Å². The molecule has 0 atom stereocenters. The average Bonchev–Trinajstić information content (AvgIpc) is 2.61. The van der Waals surface area contributed by atoms with Crippen LogP contribution in [0.2, 0.25) is 0 Å². The van der Waals surface area contributed by atoms with E-state index in [1.807, 2.05) is 32.0 Å². The summed E-state index contributed by atoms with van der Waals surface area (Å²) in [5.74, 6) is -0.388. The first-order chi connectivity index (χ1) is 12.0. The molecule has 1 N–H and O–H groups in total. The molecule has 0 aliphatic heterocycles. The van der Waals surface area contributed by atoms with Crippen molar-refractivity contribution >= 4 is 17.3 Å². The van der Waals surface area contributed by atoms with Crippen LogP contribution in [0.3, 0.4) is 0 Å². The number of nitrogens with zero attached hydrogens (tertiary/aromatic N) is 2. The van der Waals surface area contributed by atoms with E-state index >= 15 is 0 Å². The molecule has 0 aliphatic rings. The molecule has 0 bridgehead atoms. The largest absolute Gasteiger partial charge is 0.465 e. The molecule has 0 spiro atoms. The zero-order valence-electron chi connectivity index (χ0n) is 14.4. The van der Waals surface area contributed by atoms with Crippen LogP contribution in [0.25, 0.3) is 5.65 Å². The van der Waals surface area contributed by atoms with Crippen molar-refractivity contribution in [1.82, 2.24) is 9.38 Å². The summed E-state index contributed by atoms with van der Waals surface area (Å²) in [6, 6.07) is 10.6. The second-order valence-electron chi connectivity index (χ2n) is 5.90. The van der Waals surface area contributed by atoms with E-state index in [1.165, 1.54) is 17.6 Å². The number of carbonyl (C=O) groups excluding carboxylic acids is 1. The van der Waals surface area contributed by atoms with Crippen molar-refractivity contribution in [2.24, 2.45) is 0 Å². The number of esters is 1. The Hall–Kier alpha value is -3.15. The first-order valence-electron chi connectivity index (χ1n) is 7.90. The molecule has 6 nitrogen and oxygen atoms in total. The number of hydrogen-bond acceptors (Lipinski definition) is 5. The van der Waals surface area contributed by atoms with Gasteiger partial charge in [-0.1, -0.05) is 12.1 Å². The van der Waals surface area contributed by atoms with Gasteiger partial charge in [0, 0.05) is 18.0 Å². The van der Waals surface area contributed by atoms with Crippen molar-refractivity contribution in [2.75, 3.05) is 12.4 Å². The summed E-state index contributed by atoms with van der Waals surface area (Å²) in [4.78, 5) is 28.4. The van der Waals surface area contributed by atoms with Crippen LogP contribution in [0.1, 0.15) is 27.2 Å². The van der Waals surface area contributed by atoms with Gasteiger partial charge in [0.25, 0.3) is 5.56 Å². The van der Waals surface area contributed by atoms with E-state index in [-0.39, 0.29) is 11.5 Å². The van der Waals surface area contributed by atoms with Gasteiger partial charge in [0.15, 0.2) is 0 Å². The molecule has 0 unspecified atom stereocenters. The van der Waals surface area contributed by atoms with E-state index in [4.69, 9.17) is 4.74 Å². The van der Waals surface area contributed by atoms with E-state index in [9.17, 15) is 9.59 Å². The number of ether oxygens (including phenoxy) is 1. The Labute approximate surface area is 145 Å². The molecule has 2 aromatic heterocycles. The van der Waals surface area contributed by atoms with Crippen LogP contribution in [0.15, 0.2) is 47.4 Å². The van der Waals surface area contributed by atoms with Crippen molar-refractivity contribution in [3.63, 3.8) is 0 Å². The van der Waals surface area contributed by atoms with Gasteiger partial charge in [0.1, 0.15) is 5.65 Å². The number of methoxy groups -OCH3 is 1. The lowest BCUT2D eigenvalue weighted by Gasteiger charge is -2.11. The third-order valence-electron chi connectivity index (χ3n) is 3.98. The number of nitrogens with one attached hydrogen (secondary N) is 1. The summed E-state index contributed by atoms with van der Waals surface area (Å²) in [7, 11) is 1.35. The van der Waals surface area contributed by atoms with Gasteiger partial charge in [-0.2, -0.15) is 0 Å². The number of aryl methyl sites for hydroxylation is 2. The molecule has 0 amide bonds. The monoisotopic (exact) mass is 337 g/mol. The van der Waals surface area contributed by atoms with Gasteiger partial charge in [0.05, 0.1) is 24.9 Å². The molecule has 3 rings (SSSR count). The highest BCUT2D eigenvalue weighted by Gasteiger charge is 2.09. The zero-order valence-corrected chi connectivity index (χ0v) is 14.4. The van der Waals surface area contributed by atoms with Crippen LogP contribution in [0.5, 0.6) is 0 Å². The second kappa shape index (κ2) is 6.76. The minimum absolute atomic E-state index is 0.120. The fourth-order valence-corrected chi connectivity index (χ4v) is 2.59. The van der Waals surface area contributed by atoms with Crippen molar-refractivity contribution in [3.05, 3.63) is 75.3 Å². The maximum Gasteiger partial charge on any atom is 0.337 e. The van der Waals surface area contributed by atoms with Gasteiger partial charge < -0.3 is 10.1 Å². The predicted octanol–water partition coefficient (Wildman–Crippen LogP) is 2.71. The summed E-state index contributed by atoms with van der Waals surface area (Å²) in [6.07, 6.45) is 1.77. The van der Waals surface area contributed by atoms with E-state index in [2.05, 4.69) is 10.3 Å². The van der Waals surface area contributed by atoms with Gasteiger partial charge in [-0.15, -0.1) is 0 Å². The molecule has 0 aliphatic carbocycles. The Balaban J connectivity index is 1.87. The Kier molecular flexibility index (Phi) is 4.52. The molecular weight excluding hydrogens is 318 g/mol. The molecule has 3 aromatic rings. The Bertz CT molecular complexity index is 1010. The van der Waals surface area contributed by atoms with Gasteiger partial charge in [-0.25, -0.2) is 9.78 Å². The highest BCUT2D eigenvalue weighted by Crippen LogP contribution is 2.18. The van der Waals surface area contributed by atoms with Gasteiger partial charge in [-0.05, 0) is 43.2 Å². The zero-order chi connectivity index (χ0) is 18.0. The molecule has 1 aromatic carbocycles. The fraction of sp³-hybridized carbons (Fsp3) is 0.211. The first kappa shape index (κ1) is 16.7. The number of aromatic nitrogens is 2. The number of benzene rings is 1. The molecule has 0 radical (unpaired) electrons. The standard InChI is InChI=1S/C19H19N3O3/c1-12-4-7-17-21-15(9-18(23)22(17)11-12)10-20-16-8-14(19(24)25-3)6-5-13(16)2/h4-9,11,20H,10H2,1-3H3. The predicted molar refractivity (Wildman–Crippen MR) is 96.0 cm³/mol. The summed E-state index contributed by atoms with van der Waals surface area (Å²) >= 11 is 0. The Morgan fingerprint density at radius 2 is 2.00 bits per heavy atom. The quantitative estimate of drug-likeness (QED) is 0.741. The van der Waals surface area contributed by atoms with Crippen LogP contribution >= 0.6 is 0 Å². The van der Waals surface area contributed by atoms with Crippen molar-refractivity contribution in [3.8, 4) is 0 Å². The van der Waals surface area contributed by atoms with Crippen LogP contribution in [0, 0.1) is 13.8 Å². The highest BCUT2D eigenvalue weighted by atomic mass is 16.5. The van der Waals surface area contributed by atoms with Crippen LogP contribution in [-0.2, 0) is 11.3 Å². The molecule has 0 saturated carbocycles. The van der Waals surface area contributed by atoms with E-state index in [0.29, 0.717) is 23.4 Å². The van der Waals surface area contributed by atoms with Crippen molar-refractivity contribution in [2.45, 2.75) is 20.4 Å². The molecule has 2 heterocycles. The van der Waals surface area contributed by atoms with Gasteiger partial charge in [0.2, 0.25) is 0 Å². The molecular formula is C19H19N3O3. The number of rotatable bonds is 4. The van der Waals surface area contributed by atoms with Crippen LogP contribution in [-0.4, -0.2) is 22.5 Å². The lowest BCUT2D eigenvalue weighted by Crippen LogP contribution is -2.17. The number of carbonyl (C=O) groups is 1. The van der Waals surface area contributed by atoms with E-state index in [1.54, 1.807) is 18.3 Å². The number of pyridine rings is 1. The normalized spacial score (nSPS) is 10.7. The summed E-state index contributed by atoms with van der Waals surface area (Å²) in [5.41, 5.74) is 4.38.